The van der Waals surface area contributed by atoms with Crippen LogP contribution in [0.2, 0.25) is 10.0 Å². The van der Waals surface area contributed by atoms with Gasteiger partial charge in [0.2, 0.25) is 0 Å². The molecule has 1 aliphatic rings. The fourth-order valence-electron chi connectivity index (χ4n) is 3.81. The summed E-state index contributed by atoms with van der Waals surface area (Å²) in [6.45, 7) is 0. The molecule has 0 saturated carbocycles. The molecule has 0 bridgehead atoms. The molecule has 142 valence electrons. The van der Waals surface area contributed by atoms with Crippen molar-refractivity contribution in [2.75, 3.05) is 4.90 Å². The van der Waals surface area contributed by atoms with Crippen molar-refractivity contribution in [1.82, 2.24) is 0 Å². The van der Waals surface area contributed by atoms with Crippen LogP contribution in [0.1, 0.15) is 11.1 Å². The van der Waals surface area contributed by atoms with Crippen LogP contribution in [-0.4, -0.2) is 0 Å². The molecule has 5 rings (SSSR count). The first-order valence-electron chi connectivity index (χ1n) is 9.71. The van der Waals surface area contributed by atoms with Crippen LogP contribution in [0.15, 0.2) is 91.0 Å². The summed E-state index contributed by atoms with van der Waals surface area (Å²) in [7, 11) is 0. The van der Waals surface area contributed by atoms with E-state index in [9.17, 15) is 0 Å². The number of rotatable bonds is 4. The van der Waals surface area contributed by atoms with Crippen molar-refractivity contribution in [1.29, 1.82) is 0 Å². The summed E-state index contributed by atoms with van der Waals surface area (Å²) in [5.41, 5.74) is 8.66. The van der Waals surface area contributed by atoms with Crippen LogP contribution < -0.4 is 4.90 Å². The minimum absolute atomic E-state index is 0.723. The van der Waals surface area contributed by atoms with Gasteiger partial charge in [-0.05, 0) is 95.8 Å². The van der Waals surface area contributed by atoms with Crippen LogP contribution in [0.4, 0.5) is 17.1 Å². The standard InChI is InChI=1S/C26H19Cl2N/c27-22-7-13-25(14-8-22)29(26-15-9-23(28)10-16-26)24-11-5-19(6-12-24)21-4-2-18-1-3-20(18)17-21/h2,4-17H,1,3H2. The van der Waals surface area contributed by atoms with Gasteiger partial charge in [0, 0.05) is 27.1 Å². The summed E-state index contributed by atoms with van der Waals surface area (Å²) in [5, 5.41) is 1.45. The van der Waals surface area contributed by atoms with Crippen molar-refractivity contribution in [3.05, 3.63) is 112 Å². The van der Waals surface area contributed by atoms with Gasteiger partial charge in [0.15, 0.2) is 0 Å². The van der Waals surface area contributed by atoms with Gasteiger partial charge in [-0.2, -0.15) is 0 Å². The molecule has 0 spiro atoms. The molecule has 0 amide bonds. The molecular formula is C26H19Cl2N. The Bertz CT molecular complexity index is 1100. The molecule has 0 atom stereocenters. The predicted molar refractivity (Wildman–Crippen MR) is 124 cm³/mol. The first kappa shape index (κ1) is 18.3. The van der Waals surface area contributed by atoms with Gasteiger partial charge in [0.25, 0.3) is 0 Å². The van der Waals surface area contributed by atoms with Crippen LogP contribution in [0.25, 0.3) is 11.1 Å². The molecule has 1 nitrogen and oxygen atoms in total. The van der Waals surface area contributed by atoms with E-state index in [-0.39, 0.29) is 0 Å². The Morgan fingerprint density at radius 3 is 1.38 bits per heavy atom. The summed E-state index contributed by atoms with van der Waals surface area (Å²) >= 11 is 12.2. The molecule has 4 aromatic carbocycles. The first-order valence-corrected chi connectivity index (χ1v) is 10.5. The Labute approximate surface area is 181 Å². The second-order valence-corrected chi connectivity index (χ2v) is 8.19. The number of nitrogens with zero attached hydrogens (tertiary/aromatic N) is 1. The maximum Gasteiger partial charge on any atom is 0.0462 e. The summed E-state index contributed by atoms with van der Waals surface area (Å²) in [6.07, 6.45) is 2.41. The van der Waals surface area contributed by atoms with Crippen LogP contribution >= 0.6 is 23.2 Å². The maximum absolute atomic E-state index is 6.11. The molecule has 4 aromatic rings. The van der Waals surface area contributed by atoms with E-state index in [4.69, 9.17) is 23.2 Å². The van der Waals surface area contributed by atoms with Gasteiger partial charge in [0.05, 0.1) is 0 Å². The first-order chi connectivity index (χ1) is 14.2. The van der Waals surface area contributed by atoms with Crippen LogP contribution in [-0.2, 0) is 12.8 Å². The molecule has 1 aliphatic carbocycles. The predicted octanol–water partition coefficient (Wildman–Crippen LogP) is 8.23. The lowest BCUT2D eigenvalue weighted by atomic mass is 9.86. The Kier molecular flexibility index (Phi) is 4.79. The van der Waals surface area contributed by atoms with E-state index >= 15 is 0 Å². The molecule has 0 saturated heterocycles. The van der Waals surface area contributed by atoms with Crippen molar-refractivity contribution in [3.8, 4) is 11.1 Å². The largest absolute Gasteiger partial charge is 0.311 e. The van der Waals surface area contributed by atoms with Gasteiger partial charge in [-0.25, -0.2) is 0 Å². The molecular weight excluding hydrogens is 397 g/mol. The maximum atomic E-state index is 6.11. The van der Waals surface area contributed by atoms with E-state index in [1.807, 2.05) is 48.5 Å². The zero-order chi connectivity index (χ0) is 19.8. The van der Waals surface area contributed by atoms with E-state index in [1.54, 1.807) is 0 Å². The van der Waals surface area contributed by atoms with Crippen LogP contribution in [0.5, 0.6) is 0 Å². The highest BCUT2D eigenvalue weighted by molar-refractivity contribution is 6.31. The molecule has 0 aromatic heterocycles. The number of benzene rings is 4. The van der Waals surface area contributed by atoms with E-state index in [0.29, 0.717) is 0 Å². The number of hydrogen-bond donors (Lipinski definition) is 0. The molecule has 3 heteroatoms. The van der Waals surface area contributed by atoms with Gasteiger partial charge in [0.1, 0.15) is 0 Å². The molecule has 29 heavy (non-hydrogen) atoms. The number of anilines is 3. The van der Waals surface area contributed by atoms with E-state index < -0.39 is 0 Å². The summed E-state index contributed by atoms with van der Waals surface area (Å²) in [5.74, 6) is 0. The zero-order valence-corrected chi connectivity index (χ0v) is 17.3. The lowest BCUT2D eigenvalue weighted by Gasteiger charge is -2.26. The second-order valence-electron chi connectivity index (χ2n) is 7.32. The number of hydrogen-bond acceptors (Lipinski definition) is 1. The molecule has 0 N–H and O–H groups in total. The highest BCUT2D eigenvalue weighted by atomic mass is 35.5. The number of fused-ring (bicyclic) bond motifs is 1. The van der Waals surface area contributed by atoms with Gasteiger partial charge in [-0.1, -0.05) is 53.5 Å². The topological polar surface area (TPSA) is 3.24 Å². The van der Waals surface area contributed by atoms with Crippen molar-refractivity contribution in [2.24, 2.45) is 0 Å². The van der Waals surface area contributed by atoms with Crippen LogP contribution in [0.3, 0.4) is 0 Å². The lowest BCUT2D eigenvalue weighted by Crippen LogP contribution is -2.09. The highest BCUT2D eigenvalue weighted by Gasteiger charge is 2.15. The van der Waals surface area contributed by atoms with Gasteiger partial charge >= 0.3 is 0 Å². The second kappa shape index (κ2) is 7.59. The Hall–Kier alpha value is -2.74. The van der Waals surface area contributed by atoms with Crippen molar-refractivity contribution in [3.63, 3.8) is 0 Å². The average Bonchev–Trinajstić information content (AvgIpc) is 2.73. The van der Waals surface area contributed by atoms with E-state index in [1.165, 1.54) is 35.1 Å². The molecule has 0 unspecified atom stereocenters. The average molecular weight is 416 g/mol. The van der Waals surface area contributed by atoms with Crippen molar-refractivity contribution < 1.29 is 0 Å². The third-order valence-corrected chi connectivity index (χ3v) is 6.00. The summed E-state index contributed by atoms with van der Waals surface area (Å²) in [4.78, 5) is 2.20. The third-order valence-electron chi connectivity index (χ3n) is 5.50. The van der Waals surface area contributed by atoms with Gasteiger partial charge in [-0.3, -0.25) is 0 Å². The molecule has 0 aliphatic heterocycles. The normalized spacial score (nSPS) is 12.2. The van der Waals surface area contributed by atoms with Gasteiger partial charge < -0.3 is 4.90 Å². The quantitative estimate of drug-likeness (QED) is 0.324. The minimum atomic E-state index is 0.723. The third kappa shape index (κ3) is 3.64. The Morgan fingerprint density at radius 2 is 0.931 bits per heavy atom. The van der Waals surface area contributed by atoms with Gasteiger partial charge in [-0.15, -0.1) is 0 Å². The zero-order valence-electron chi connectivity index (χ0n) is 15.8. The fourth-order valence-corrected chi connectivity index (χ4v) is 4.06. The fraction of sp³-hybridized carbons (Fsp3) is 0.0769. The van der Waals surface area contributed by atoms with Crippen LogP contribution in [0, 0.1) is 0 Å². The Morgan fingerprint density at radius 1 is 0.483 bits per heavy atom. The van der Waals surface area contributed by atoms with E-state index in [2.05, 4.69) is 47.4 Å². The summed E-state index contributed by atoms with van der Waals surface area (Å²) < 4.78 is 0. The highest BCUT2D eigenvalue weighted by Crippen LogP contribution is 2.37. The SMILES string of the molecule is Clc1ccc(N(c2ccc(Cl)cc2)c2ccc(-c3ccc4c(c3)CC4)cc2)cc1. The van der Waals surface area contributed by atoms with Crippen molar-refractivity contribution >= 4 is 40.3 Å². The van der Waals surface area contributed by atoms with E-state index in [0.717, 1.165) is 27.1 Å². The lowest BCUT2D eigenvalue weighted by molar-refractivity contribution is 0.840. The number of halogens is 2. The minimum Gasteiger partial charge on any atom is -0.311 e. The van der Waals surface area contributed by atoms with Crippen molar-refractivity contribution in [2.45, 2.75) is 12.8 Å². The molecule has 0 heterocycles. The number of aryl methyl sites for hydroxylation is 2. The molecule has 0 radical (unpaired) electrons. The molecule has 0 fully saturated rings. The summed E-state index contributed by atoms with van der Waals surface area (Å²) in [6, 6.07) is 31.3. The smallest absolute Gasteiger partial charge is 0.0462 e. The Balaban J connectivity index is 1.53. The monoisotopic (exact) mass is 415 g/mol.